The van der Waals surface area contributed by atoms with Crippen LogP contribution in [0.2, 0.25) is 0 Å². The minimum absolute atomic E-state index is 0. The Labute approximate surface area is 616 Å². The largest absolute Gasteiger partial charge is 3.00 e. The van der Waals surface area contributed by atoms with Crippen molar-refractivity contribution in [2.75, 3.05) is 0 Å². The van der Waals surface area contributed by atoms with Crippen LogP contribution >= 0.6 is 0 Å². The van der Waals surface area contributed by atoms with Gasteiger partial charge in [0.1, 0.15) is 0 Å². The van der Waals surface area contributed by atoms with Gasteiger partial charge < -0.3 is 20.4 Å². The molecule has 0 saturated heterocycles. The first-order valence-corrected chi connectivity index (χ1v) is 27.3. The number of rotatable bonds is 8. The molecule has 8 rings (SSSR count). The molecule has 8 saturated carbocycles. The van der Waals surface area contributed by atoms with E-state index in [9.17, 15) is 163 Å². The smallest absolute Gasteiger partial charge is 0.871 e. The molecule has 0 aromatic carbocycles. The Morgan fingerprint density at radius 1 is 0.287 bits per heavy atom. The Morgan fingerprint density at radius 3 is 0.489 bits per heavy atom. The van der Waals surface area contributed by atoms with Crippen LogP contribution in [-0.4, -0.2) is 95.2 Å². The molecule has 8 unspecified atom stereocenters. The van der Waals surface area contributed by atoms with E-state index >= 15 is 0 Å². The average molecular weight is 1670 g/mol. The van der Waals surface area contributed by atoms with Crippen molar-refractivity contribution in [3.63, 3.8) is 0 Å². The molecule has 38 heteroatoms. The van der Waals surface area contributed by atoms with Crippen molar-refractivity contribution in [1.82, 2.24) is 0 Å². The molecule has 0 amide bonds. The summed E-state index contributed by atoms with van der Waals surface area (Å²) in [4.78, 5) is 49.0. The molecule has 8 atom stereocenters. The molecule has 0 aromatic rings. The van der Waals surface area contributed by atoms with Gasteiger partial charge in [-0.25, -0.2) is 0 Å². The number of allylic oxidation sites excluding steroid dienone is 8. The van der Waals surface area contributed by atoms with Gasteiger partial charge in [0.15, 0.2) is 23.1 Å². The second-order valence-electron chi connectivity index (χ2n) is 27.5. The van der Waals surface area contributed by atoms with E-state index < -0.39 is 208 Å². The number of carbonyl (C=O) groups excluding carboxylic acids is 4. The fraction of sp³-hybridized carbons (Fsp3) is 0.786. The monoisotopic (exact) mass is 1670 g/mol. The molecule has 8 bridgehead atoms. The Bertz CT molecular complexity index is 2790. The maximum atomic E-state index is 13.6. The molecule has 0 radical (unpaired) electrons. The summed E-state index contributed by atoms with van der Waals surface area (Å²) in [6.07, 6.45) is -24.9. The summed E-state index contributed by atoms with van der Waals surface area (Å²) in [6, 6.07) is 0. The third-order valence-corrected chi connectivity index (χ3v) is 22.4. The topological polar surface area (TPSA) is 161 Å². The van der Waals surface area contributed by atoms with Crippen LogP contribution in [0.25, 0.3) is 0 Å². The molecular weight excluding hydrogens is 1620 g/mol. The van der Waals surface area contributed by atoms with Crippen LogP contribution in [0.3, 0.4) is 0 Å². The first-order chi connectivity index (χ1) is 40.1. The minimum atomic E-state index is -6.60. The van der Waals surface area contributed by atoms with Crippen LogP contribution in [-0.2, 0) is 19.2 Å². The van der Waals surface area contributed by atoms with Crippen LogP contribution in [0, 0.1) is 116 Å². The number of Topliss-reactive ketones (excluding diaryl/α,β-unsaturated/α-hetero) is 4. The van der Waals surface area contributed by atoms with Gasteiger partial charge in [0, 0.05) is 21.7 Å². The Kier molecular flexibility index (Phi) is 22.7. The predicted octanol–water partition coefficient (Wildman–Crippen LogP) is 10.8. The normalized spacial score (nSPS) is 32.6. The second kappa shape index (κ2) is 24.6. The maximum absolute atomic E-state index is 13.6. The number of hydrogen-bond donors (Lipinski definition) is 0. The zero-order valence-electron chi connectivity index (χ0n) is 51.2. The summed E-state index contributed by atoms with van der Waals surface area (Å²) in [6.45, 7) is 17.8. The summed E-state index contributed by atoms with van der Waals surface area (Å²) in [5, 5.41) is 47.2. The second-order valence-corrected chi connectivity index (χ2v) is 27.5. The van der Waals surface area contributed by atoms with Crippen molar-refractivity contribution < 1.29 is 281 Å². The number of fused-ring (bicyclic) bond motifs is 8. The minimum Gasteiger partial charge on any atom is -0.871 e. The van der Waals surface area contributed by atoms with Gasteiger partial charge in [-0.1, -0.05) is 83.1 Å². The third kappa shape index (κ3) is 11.6. The van der Waals surface area contributed by atoms with Gasteiger partial charge >= 0.3 is 190 Å². The first-order valence-electron chi connectivity index (χ1n) is 27.3. The van der Waals surface area contributed by atoms with Crippen molar-refractivity contribution in [1.29, 1.82) is 0 Å². The van der Waals surface area contributed by atoms with E-state index in [2.05, 4.69) is 0 Å². The van der Waals surface area contributed by atoms with Crippen LogP contribution in [0.15, 0.2) is 45.3 Å². The van der Waals surface area contributed by atoms with Crippen molar-refractivity contribution in [3.8, 4) is 0 Å². The first kappa shape index (κ1) is 86.7. The van der Waals surface area contributed by atoms with Gasteiger partial charge in [0.25, 0.3) is 0 Å². The fourth-order valence-electron chi connectivity index (χ4n) is 14.5. The molecular formula is C56H56CsEuF28O8. The van der Waals surface area contributed by atoms with Crippen molar-refractivity contribution in [2.24, 2.45) is 67.0 Å². The van der Waals surface area contributed by atoms with Crippen LogP contribution in [0.1, 0.15) is 134 Å². The predicted molar refractivity (Wildman–Crippen MR) is 250 cm³/mol. The third-order valence-electron chi connectivity index (χ3n) is 22.4. The Morgan fingerprint density at radius 2 is 0.404 bits per heavy atom. The molecule has 0 heterocycles. The van der Waals surface area contributed by atoms with E-state index in [1.54, 1.807) is 0 Å². The van der Waals surface area contributed by atoms with Crippen LogP contribution in [0.5, 0.6) is 0 Å². The van der Waals surface area contributed by atoms with Crippen molar-refractivity contribution in [3.05, 3.63) is 45.3 Å². The van der Waals surface area contributed by atoms with Gasteiger partial charge in [-0.3, -0.25) is 19.2 Å². The van der Waals surface area contributed by atoms with Crippen LogP contribution < -0.4 is 89.3 Å². The van der Waals surface area contributed by atoms with Crippen molar-refractivity contribution >= 4 is 23.1 Å². The zero-order chi connectivity index (χ0) is 72.9. The fourth-order valence-corrected chi connectivity index (χ4v) is 14.5. The number of ketones is 4. The maximum Gasteiger partial charge on any atom is 3.00 e. The van der Waals surface area contributed by atoms with E-state index in [-0.39, 0.29) is 170 Å². The standard InChI is InChI=1S/4C14H15F7O2.Cs.Eu/c4*1-10(2)6-4-5-11(10,3)8(22)7(6)9(23)12(15,16)13(17,18)14(19,20)21;;/h4*6,23H,4-5H2,1-3H3;;/q;;;;+1;+3/p-4/b4*9-7-;;. The van der Waals surface area contributed by atoms with Crippen molar-refractivity contribution in [2.45, 2.75) is 207 Å². The molecule has 0 aliphatic heterocycles. The van der Waals surface area contributed by atoms with Gasteiger partial charge in [-0.15, -0.1) is 0 Å². The summed E-state index contributed by atoms with van der Waals surface area (Å²) in [5.41, 5.74) is -13.2. The summed E-state index contributed by atoms with van der Waals surface area (Å²) in [5.74, 6) is -69.6. The SMILES string of the molecule is CC12CCC(/C(=C(/[O-])C(F)(F)C(F)(F)C(F)(F)F)C1=O)C2(C)C.CC12CCC(/C(=C(/[O-])C(F)(F)C(F)(F)C(F)(F)F)C1=O)C2(C)C.CC12CCC(/C(=C(/[O-])C(F)(F)C(F)(F)C(F)(F)F)C1=O)C2(C)C.CC12CCC(/C(=C(/[O-])C(F)(F)C(F)(F)C(F)(F)F)C1=O)C2(C)C.[Cs+].[Eu+3]. The van der Waals surface area contributed by atoms with Gasteiger partial charge in [0.2, 0.25) is 0 Å². The molecule has 0 aromatic heterocycles. The van der Waals surface area contributed by atoms with E-state index in [0.29, 0.717) is 0 Å². The van der Waals surface area contributed by atoms with E-state index in [1.165, 1.54) is 83.1 Å². The average Bonchev–Trinajstić information content (AvgIpc) is 1.54. The van der Waals surface area contributed by atoms with Gasteiger partial charge in [0.05, 0.1) is 0 Å². The number of alkyl halides is 28. The van der Waals surface area contributed by atoms with E-state index in [0.717, 1.165) is 0 Å². The van der Waals surface area contributed by atoms with Crippen LogP contribution in [0.4, 0.5) is 123 Å². The summed E-state index contributed by atoms with van der Waals surface area (Å²) >= 11 is 0. The molecule has 8 aliphatic carbocycles. The Balaban J connectivity index is 0.000000325. The molecule has 532 valence electrons. The van der Waals surface area contributed by atoms with Gasteiger partial charge in [-0.05, 0) is 142 Å². The molecule has 0 spiro atoms. The van der Waals surface area contributed by atoms with E-state index in [1.807, 2.05) is 0 Å². The number of halogens is 28. The summed E-state index contributed by atoms with van der Waals surface area (Å²) < 4.78 is 360. The van der Waals surface area contributed by atoms with Gasteiger partial charge in [-0.2, -0.15) is 123 Å². The zero-order valence-corrected chi connectivity index (χ0v) is 59.9. The molecule has 8 fully saturated rings. The molecule has 8 aliphatic rings. The molecule has 94 heavy (non-hydrogen) atoms. The molecule has 0 N–H and O–H groups in total. The number of hydrogen-bond acceptors (Lipinski definition) is 8. The summed E-state index contributed by atoms with van der Waals surface area (Å²) in [7, 11) is 0. The Hall–Kier alpha value is -1.48. The number of carbonyl (C=O) groups is 4. The molecule has 8 nitrogen and oxygen atoms in total. The van der Waals surface area contributed by atoms with E-state index in [4.69, 9.17) is 0 Å². The quantitative estimate of drug-likeness (QED) is 0.132.